The lowest BCUT2D eigenvalue weighted by atomic mass is 10.2. The predicted molar refractivity (Wildman–Crippen MR) is 72.9 cm³/mol. The van der Waals surface area contributed by atoms with Gasteiger partial charge in [-0.3, -0.25) is 9.59 Å². The molecule has 0 saturated heterocycles. The van der Waals surface area contributed by atoms with Crippen molar-refractivity contribution in [3.05, 3.63) is 24.3 Å². The largest absolute Gasteiger partial charge is 0.497 e. The van der Waals surface area contributed by atoms with Crippen molar-refractivity contribution in [2.45, 2.75) is 13.3 Å². The number of methoxy groups -OCH3 is 1. The number of carboxylic acid groups (broad SMARTS) is 1. The van der Waals surface area contributed by atoms with Gasteiger partial charge in [-0.15, -0.1) is 0 Å². The highest BCUT2D eigenvalue weighted by Crippen LogP contribution is 2.16. The molecule has 0 aliphatic carbocycles. The van der Waals surface area contributed by atoms with E-state index in [9.17, 15) is 9.59 Å². The molecule has 2 N–H and O–H groups in total. The fourth-order valence-electron chi connectivity index (χ4n) is 1.38. The molecular weight excluding hydrogens is 262 g/mol. The molecule has 110 valence electrons. The number of hydrogen-bond acceptors (Lipinski definition) is 4. The maximum atomic E-state index is 11.5. The molecule has 0 spiro atoms. The van der Waals surface area contributed by atoms with Crippen molar-refractivity contribution in [3.63, 3.8) is 0 Å². The van der Waals surface area contributed by atoms with Gasteiger partial charge in [-0.1, -0.05) is 6.92 Å². The van der Waals surface area contributed by atoms with Gasteiger partial charge in [0.1, 0.15) is 11.5 Å². The number of nitrogens with one attached hydrogen (secondary N) is 1. The lowest BCUT2D eigenvalue weighted by molar-refractivity contribution is -0.141. The van der Waals surface area contributed by atoms with E-state index in [2.05, 4.69) is 5.32 Å². The van der Waals surface area contributed by atoms with Crippen molar-refractivity contribution in [1.82, 2.24) is 5.32 Å². The molecule has 0 saturated carbocycles. The Morgan fingerprint density at radius 3 is 2.40 bits per heavy atom. The van der Waals surface area contributed by atoms with E-state index in [4.69, 9.17) is 14.6 Å². The number of carbonyl (C=O) groups excluding carboxylic acids is 1. The summed E-state index contributed by atoms with van der Waals surface area (Å²) in [7, 11) is 1.58. The third-order valence-corrected chi connectivity index (χ3v) is 2.68. The molecule has 0 radical (unpaired) electrons. The third kappa shape index (κ3) is 5.60. The number of benzene rings is 1. The molecule has 1 atom stereocenters. The standard InChI is InChI=1S/C14H19NO5/c1-10(14(17)18)9-15-13(16)7-8-20-12-5-3-11(19-2)4-6-12/h3-6,10H,7-9H2,1-2H3,(H,15,16)(H,17,18). The Balaban J connectivity index is 2.22. The first-order valence-electron chi connectivity index (χ1n) is 6.29. The van der Waals surface area contributed by atoms with Gasteiger partial charge < -0.3 is 19.9 Å². The van der Waals surface area contributed by atoms with E-state index in [1.54, 1.807) is 31.4 Å². The molecule has 0 aromatic heterocycles. The molecule has 0 heterocycles. The van der Waals surface area contributed by atoms with Crippen molar-refractivity contribution >= 4 is 11.9 Å². The molecule has 6 nitrogen and oxygen atoms in total. The van der Waals surface area contributed by atoms with Gasteiger partial charge in [-0.25, -0.2) is 0 Å². The normalized spacial score (nSPS) is 11.5. The van der Waals surface area contributed by atoms with Gasteiger partial charge in [0.2, 0.25) is 5.91 Å². The van der Waals surface area contributed by atoms with Gasteiger partial charge in [-0.2, -0.15) is 0 Å². The summed E-state index contributed by atoms with van der Waals surface area (Å²) in [6, 6.07) is 7.04. The average molecular weight is 281 g/mol. The second kappa shape index (κ2) is 8.04. The summed E-state index contributed by atoms with van der Waals surface area (Å²) >= 11 is 0. The van der Waals surface area contributed by atoms with Gasteiger partial charge in [0.15, 0.2) is 0 Å². The number of ether oxygens (including phenoxy) is 2. The van der Waals surface area contributed by atoms with Crippen LogP contribution in [0.1, 0.15) is 13.3 Å². The summed E-state index contributed by atoms with van der Waals surface area (Å²) < 4.78 is 10.4. The second-order valence-electron chi connectivity index (χ2n) is 4.32. The van der Waals surface area contributed by atoms with Crippen molar-refractivity contribution in [2.24, 2.45) is 5.92 Å². The van der Waals surface area contributed by atoms with E-state index in [1.165, 1.54) is 6.92 Å². The Bertz CT molecular complexity index is 443. The van der Waals surface area contributed by atoms with Crippen LogP contribution in [0.25, 0.3) is 0 Å². The molecule has 6 heteroatoms. The Labute approximate surface area is 117 Å². The molecule has 1 aromatic rings. The van der Waals surface area contributed by atoms with E-state index in [0.717, 1.165) is 5.75 Å². The molecule has 1 rings (SSSR count). The van der Waals surface area contributed by atoms with Gasteiger partial charge in [0, 0.05) is 6.54 Å². The van der Waals surface area contributed by atoms with Crippen molar-refractivity contribution in [2.75, 3.05) is 20.3 Å². The van der Waals surface area contributed by atoms with E-state index in [-0.39, 0.29) is 25.5 Å². The molecule has 1 aromatic carbocycles. The van der Waals surface area contributed by atoms with Crippen LogP contribution in [0.5, 0.6) is 11.5 Å². The predicted octanol–water partition coefficient (Wildman–Crippen LogP) is 1.30. The van der Waals surface area contributed by atoms with Crippen LogP contribution in [0.15, 0.2) is 24.3 Å². The molecule has 0 fully saturated rings. The average Bonchev–Trinajstić information content (AvgIpc) is 2.45. The van der Waals surface area contributed by atoms with E-state index in [1.807, 2.05) is 0 Å². The Morgan fingerprint density at radius 2 is 1.85 bits per heavy atom. The number of rotatable bonds is 8. The smallest absolute Gasteiger partial charge is 0.308 e. The second-order valence-corrected chi connectivity index (χ2v) is 4.32. The molecule has 1 unspecified atom stereocenters. The first kappa shape index (κ1) is 15.8. The molecule has 0 aliphatic rings. The summed E-state index contributed by atoms with van der Waals surface area (Å²) in [4.78, 5) is 22.0. The highest BCUT2D eigenvalue weighted by molar-refractivity contribution is 5.77. The van der Waals surface area contributed by atoms with Crippen LogP contribution in [-0.4, -0.2) is 37.2 Å². The Hall–Kier alpha value is -2.24. The van der Waals surface area contributed by atoms with Gasteiger partial charge >= 0.3 is 5.97 Å². The fraction of sp³-hybridized carbons (Fsp3) is 0.429. The van der Waals surface area contributed by atoms with Crippen LogP contribution in [0.3, 0.4) is 0 Å². The summed E-state index contributed by atoms with van der Waals surface area (Å²) in [5.74, 6) is -0.372. The molecule has 0 bridgehead atoms. The molecule has 0 aliphatic heterocycles. The number of carbonyl (C=O) groups is 2. The monoisotopic (exact) mass is 281 g/mol. The van der Waals surface area contributed by atoms with Crippen LogP contribution in [0.4, 0.5) is 0 Å². The van der Waals surface area contributed by atoms with Crippen molar-refractivity contribution in [1.29, 1.82) is 0 Å². The molecule has 20 heavy (non-hydrogen) atoms. The number of aliphatic carboxylic acids is 1. The van der Waals surface area contributed by atoms with Crippen LogP contribution in [0.2, 0.25) is 0 Å². The highest BCUT2D eigenvalue weighted by atomic mass is 16.5. The molecule has 1 amide bonds. The van der Waals surface area contributed by atoms with Gasteiger partial charge in [0.05, 0.1) is 26.1 Å². The Kier molecular flexibility index (Phi) is 6.36. The number of amides is 1. The zero-order valence-corrected chi connectivity index (χ0v) is 11.6. The summed E-state index contributed by atoms with van der Waals surface area (Å²) in [5.41, 5.74) is 0. The quantitative estimate of drug-likeness (QED) is 0.750. The lowest BCUT2D eigenvalue weighted by Gasteiger charge is -2.09. The third-order valence-electron chi connectivity index (χ3n) is 2.68. The van der Waals surface area contributed by atoms with Crippen LogP contribution in [0, 0.1) is 5.92 Å². The topological polar surface area (TPSA) is 84.9 Å². The van der Waals surface area contributed by atoms with Gasteiger partial charge in [0.25, 0.3) is 0 Å². The number of carboxylic acids is 1. The minimum absolute atomic E-state index is 0.122. The summed E-state index contributed by atoms with van der Waals surface area (Å²) in [5, 5.41) is 11.2. The first-order valence-corrected chi connectivity index (χ1v) is 6.29. The minimum Gasteiger partial charge on any atom is -0.497 e. The van der Waals surface area contributed by atoms with Crippen LogP contribution < -0.4 is 14.8 Å². The lowest BCUT2D eigenvalue weighted by Crippen LogP contribution is -2.32. The summed E-state index contributed by atoms with van der Waals surface area (Å²) in [6.45, 7) is 1.90. The van der Waals surface area contributed by atoms with Crippen molar-refractivity contribution in [3.8, 4) is 11.5 Å². The fourth-order valence-corrected chi connectivity index (χ4v) is 1.38. The summed E-state index contributed by atoms with van der Waals surface area (Å²) in [6.07, 6.45) is 0.179. The highest BCUT2D eigenvalue weighted by Gasteiger charge is 2.11. The Morgan fingerprint density at radius 1 is 1.25 bits per heavy atom. The maximum absolute atomic E-state index is 11.5. The van der Waals surface area contributed by atoms with Crippen LogP contribution in [-0.2, 0) is 9.59 Å². The minimum atomic E-state index is -0.931. The van der Waals surface area contributed by atoms with E-state index >= 15 is 0 Å². The van der Waals surface area contributed by atoms with Crippen LogP contribution >= 0.6 is 0 Å². The van der Waals surface area contributed by atoms with E-state index in [0.29, 0.717) is 5.75 Å². The number of hydrogen-bond donors (Lipinski definition) is 2. The van der Waals surface area contributed by atoms with Crippen molar-refractivity contribution < 1.29 is 24.2 Å². The maximum Gasteiger partial charge on any atom is 0.308 e. The SMILES string of the molecule is COc1ccc(OCCC(=O)NCC(C)C(=O)O)cc1. The first-order chi connectivity index (χ1) is 9.52. The zero-order chi connectivity index (χ0) is 15.0. The molecular formula is C14H19NO5. The van der Waals surface area contributed by atoms with E-state index < -0.39 is 11.9 Å². The van der Waals surface area contributed by atoms with Gasteiger partial charge in [-0.05, 0) is 24.3 Å². The zero-order valence-electron chi connectivity index (χ0n) is 11.6.